The van der Waals surface area contributed by atoms with E-state index in [1.54, 1.807) is 0 Å². The van der Waals surface area contributed by atoms with Gasteiger partial charge >= 0.3 is 0 Å². The van der Waals surface area contributed by atoms with Crippen LogP contribution in [0.4, 0.5) is 0 Å². The van der Waals surface area contributed by atoms with E-state index in [4.69, 9.17) is 0 Å². The van der Waals surface area contributed by atoms with Gasteiger partial charge in [-0.25, -0.2) is 0 Å². The van der Waals surface area contributed by atoms with E-state index in [0.29, 0.717) is 0 Å². The first-order chi connectivity index (χ1) is 33.7. The van der Waals surface area contributed by atoms with E-state index >= 15 is 0 Å². The Kier molecular flexibility index (Phi) is 13.0. The predicted molar refractivity (Wildman–Crippen MR) is 285 cm³/mol. The molecule has 10 aromatic rings. The summed E-state index contributed by atoms with van der Waals surface area (Å²) in [5.74, 6) is 13.6. The average Bonchev–Trinajstić information content (AvgIpc) is 3.42. The molecule has 0 saturated carbocycles. The lowest BCUT2D eigenvalue weighted by Crippen LogP contribution is -1.97. The Morgan fingerprint density at radius 1 is 0.162 bits per heavy atom. The van der Waals surface area contributed by atoms with Crippen LogP contribution >= 0.6 is 0 Å². The normalized spacial score (nSPS) is 10.4. The third kappa shape index (κ3) is 10.0. The van der Waals surface area contributed by atoms with E-state index in [0.717, 1.165) is 44.5 Å². The van der Waals surface area contributed by atoms with Gasteiger partial charge in [0.05, 0.1) is 0 Å². The fourth-order valence-corrected chi connectivity index (χ4v) is 8.67. The van der Waals surface area contributed by atoms with E-state index in [1.807, 2.05) is 0 Å². The minimum absolute atomic E-state index is 0.966. The fraction of sp³-hybridized carbons (Fsp3) is 0. The van der Waals surface area contributed by atoms with Crippen LogP contribution in [-0.2, 0) is 0 Å². The van der Waals surface area contributed by atoms with Crippen molar-refractivity contribution in [3.05, 3.63) is 346 Å². The Labute approximate surface area is 400 Å². The zero-order valence-electron chi connectivity index (χ0n) is 37.6. The van der Waals surface area contributed by atoms with Crippen molar-refractivity contribution < 1.29 is 0 Å². The first-order valence-electron chi connectivity index (χ1n) is 23.0. The molecule has 0 aliphatic carbocycles. The molecule has 0 radical (unpaired) electrons. The van der Waals surface area contributed by atoms with Crippen LogP contribution < -0.4 is 0 Å². The summed E-state index contributed by atoms with van der Waals surface area (Å²) in [6.45, 7) is 0. The molecule has 0 fully saturated rings. The number of hydrogen-bond donors (Lipinski definition) is 0. The molecule has 0 aliphatic heterocycles. The maximum absolute atomic E-state index is 3.40. The molecule has 0 aromatic heterocycles. The summed E-state index contributed by atoms with van der Waals surface area (Å²) in [5, 5.41) is 0. The fourth-order valence-electron chi connectivity index (χ4n) is 8.67. The zero-order chi connectivity index (χ0) is 45.7. The summed E-state index contributed by atoms with van der Waals surface area (Å²) < 4.78 is 0. The standard InChI is InChI=1S/C68H46/c1-7-19-57(20-8-1)65(58-21-9-2-10-22-58)67(61-27-15-5-16-28-61)63-47-39-53(40-48-63)33-31-51-35-43-55(44-36-51)56-45-37-52(38-46-56)32-34-54-41-49-64(50-42-54)68(62-29-17-6-18-30-62)66(59-23-11-3-12-24-59)60-25-13-4-14-26-60/h1-30,35-50H. The minimum Gasteiger partial charge on any atom is -0.0622 e. The predicted octanol–water partition coefficient (Wildman–Crippen LogP) is 16.2. The van der Waals surface area contributed by atoms with E-state index in [1.165, 1.54) is 55.7 Å². The Hall–Kier alpha value is -9.20. The van der Waals surface area contributed by atoms with Crippen LogP contribution in [0.1, 0.15) is 66.8 Å². The van der Waals surface area contributed by atoms with Crippen molar-refractivity contribution >= 4 is 22.3 Å². The molecule has 0 N–H and O–H groups in total. The van der Waals surface area contributed by atoms with Gasteiger partial charge in [-0.1, -0.05) is 254 Å². The summed E-state index contributed by atoms with van der Waals surface area (Å²) in [6.07, 6.45) is 0. The summed E-state index contributed by atoms with van der Waals surface area (Å²) in [7, 11) is 0. The second-order valence-electron chi connectivity index (χ2n) is 16.5. The highest BCUT2D eigenvalue weighted by molar-refractivity contribution is 6.05. The van der Waals surface area contributed by atoms with Gasteiger partial charge in [0.15, 0.2) is 0 Å². The van der Waals surface area contributed by atoms with Gasteiger partial charge in [0, 0.05) is 22.3 Å². The largest absolute Gasteiger partial charge is 0.0622 e. The lowest BCUT2D eigenvalue weighted by atomic mass is 9.85. The second kappa shape index (κ2) is 20.7. The molecular formula is C68H46. The van der Waals surface area contributed by atoms with Crippen molar-refractivity contribution in [3.8, 4) is 34.8 Å². The van der Waals surface area contributed by atoms with E-state index in [-0.39, 0.29) is 0 Å². The molecule has 0 bridgehead atoms. The first-order valence-corrected chi connectivity index (χ1v) is 23.0. The van der Waals surface area contributed by atoms with Crippen LogP contribution in [0, 0.1) is 23.7 Å². The molecule has 10 aromatic carbocycles. The summed E-state index contributed by atoms with van der Waals surface area (Å²) in [6, 6.07) is 98.2. The smallest absolute Gasteiger partial charge is 0.0249 e. The molecule has 0 nitrogen and oxygen atoms in total. The maximum Gasteiger partial charge on any atom is 0.0249 e. The number of rotatable bonds is 9. The Bertz CT molecular complexity index is 3110. The van der Waals surface area contributed by atoms with Crippen molar-refractivity contribution in [2.75, 3.05) is 0 Å². The van der Waals surface area contributed by atoms with Crippen molar-refractivity contribution in [3.63, 3.8) is 0 Å². The highest BCUT2D eigenvalue weighted by Crippen LogP contribution is 2.38. The third-order valence-electron chi connectivity index (χ3n) is 12.0. The summed E-state index contributed by atoms with van der Waals surface area (Å²) in [4.78, 5) is 0. The van der Waals surface area contributed by atoms with Gasteiger partial charge in [0.1, 0.15) is 0 Å². The molecule has 0 unspecified atom stereocenters. The van der Waals surface area contributed by atoms with Crippen LogP contribution in [0.2, 0.25) is 0 Å². The highest BCUT2D eigenvalue weighted by atomic mass is 14.2. The molecule has 318 valence electrons. The Morgan fingerprint density at radius 2 is 0.324 bits per heavy atom. The molecule has 0 saturated heterocycles. The molecule has 0 heterocycles. The van der Waals surface area contributed by atoms with Crippen molar-refractivity contribution in [1.29, 1.82) is 0 Å². The van der Waals surface area contributed by atoms with Crippen molar-refractivity contribution in [2.45, 2.75) is 0 Å². The minimum atomic E-state index is 0.966. The first kappa shape index (κ1) is 42.7. The Balaban J connectivity index is 0.854. The molecular weight excluding hydrogens is 817 g/mol. The van der Waals surface area contributed by atoms with E-state index in [2.05, 4.69) is 303 Å². The second-order valence-corrected chi connectivity index (χ2v) is 16.5. The van der Waals surface area contributed by atoms with Gasteiger partial charge < -0.3 is 0 Å². The third-order valence-corrected chi connectivity index (χ3v) is 12.0. The number of hydrogen-bond acceptors (Lipinski definition) is 0. The van der Waals surface area contributed by atoms with Gasteiger partial charge in [0.2, 0.25) is 0 Å². The van der Waals surface area contributed by atoms with Crippen LogP contribution in [-0.4, -0.2) is 0 Å². The SMILES string of the molecule is C(#Cc1ccc(-c2ccc(C#Cc3ccc(C(=C(c4ccccc4)c4ccccc4)c4ccccc4)cc3)cc2)cc1)c1ccc(C(=C(c2ccccc2)c2ccccc2)c2ccccc2)cc1. The van der Waals surface area contributed by atoms with E-state index in [9.17, 15) is 0 Å². The topological polar surface area (TPSA) is 0 Å². The summed E-state index contributed by atoms with van der Waals surface area (Å²) in [5.41, 5.74) is 20.2. The van der Waals surface area contributed by atoms with Gasteiger partial charge in [-0.05, 0) is 126 Å². The van der Waals surface area contributed by atoms with Gasteiger partial charge in [-0.2, -0.15) is 0 Å². The highest BCUT2D eigenvalue weighted by Gasteiger charge is 2.17. The van der Waals surface area contributed by atoms with Gasteiger partial charge in [-0.15, -0.1) is 0 Å². The van der Waals surface area contributed by atoms with Crippen LogP contribution in [0.3, 0.4) is 0 Å². The van der Waals surface area contributed by atoms with Crippen LogP contribution in [0.5, 0.6) is 0 Å². The maximum atomic E-state index is 3.40. The number of benzene rings is 10. The van der Waals surface area contributed by atoms with E-state index < -0.39 is 0 Å². The van der Waals surface area contributed by atoms with Crippen molar-refractivity contribution in [1.82, 2.24) is 0 Å². The van der Waals surface area contributed by atoms with Crippen LogP contribution in [0.25, 0.3) is 33.4 Å². The average molecular weight is 863 g/mol. The van der Waals surface area contributed by atoms with Gasteiger partial charge in [-0.3, -0.25) is 0 Å². The molecule has 0 spiro atoms. The molecule has 10 rings (SSSR count). The summed E-state index contributed by atoms with van der Waals surface area (Å²) >= 11 is 0. The molecule has 0 aliphatic rings. The Morgan fingerprint density at radius 3 is 0.515 bits per heavy atom. The molecule has 0 heteroatoms. The van der Waals surface area contributed by atoms with Crippen LogP contribution in [0.15, 0.2) is 279 Å². The quantitative estimate of drug-likeness (QED) is 0.100. The monoisotopic (exact) mass is 862 g/mol. The molecule has 68 heavy (non-hydrogen) atoms. The lowest BCUT2D eigenvalue weighted by molar-refractivity contribution is 1.49. The molecule has 0 amide bonds. The van der Waals surface area contributed by atoms with Crippen molar-refractivity contribution in [2.24, 2.45) is 0 Å². The van der Waals surface area contributed by atoms with Gasteiger partial charge in [0.25, 0.3) is 0 Å². The lowest BCUT2D eigenvalue weighted by Gasteiger charge is -2.18. The molecule has 0 atom stereocenters. The zero-order valence-corrected chi connectivity index (χ0v) is 37.6.